The predicted octanol–water partition coefficient (Wildman–Crippen LogP) is 5.49. The van der Waals surface area contributed by atoms with Crippen molar-refractivity contribution in [3.8, 4) is 11.4 Å². The van der Waals surface area contributed by atoms with Crippen molar-refractivity contribution in [1.82, 2.24) is 9.97 Å². The molecule has 0 aliphatic heterocycles. The summed E-state index contributed by atoms with van der Waals surface area (Å²) in [5, 5.41) is 3.75. The number of aromatic nitrogens is 2. The van der Waals surface area contributed by atoms with Crippen molar-refractivity contribution in [2.75, 3.05) is 12.4 Å². The Morgan fingerprint density at radius 2 is 1.90 bits per heavy atom. The van der Waals surface area contributed by atoms with Gasteiger partial charge in [0, 0.05) is 22.1 Å². The van der Waals surface area contributed by atoms with Crippen molar-refractivity contribution in [3.05, 3.63) is 37.9 Å². The van der Waals surface area contributed by atoms with Gasteiger partial charge in [0.2, 0.25) is 0 Å². The van der Waals surface area contributed by atoms with Crippen molar-refractivity contribution in [2.45, 2.75) is 19.8 Å². The van der Waals surface area contributed by atoms with Gasteiger partial charge in [-0.15, -0.1) is 0 Å². The van der Waals surface area contributed by atoms with Gasteiger partial charge in [-0.2, -0.15) is 0 Å². The summed E-state index contributed by atoms with van der Waals surface area (Å²) < 4.78 is 1.82. The zero-order valence-electron chi connectivity index (χ0n) is 11.3. The zero-order chi connectivity index (χ0) is 14.9. The second-order valence-electron chi connectivity index (χ2n) is 4.62. The van der Waals surface area contributed by atoms with Crippen molar-refractivity contribution < 1.29 is 0 Å². The Morgan fingerprint density at radius 1 is 1.20 bits per heavy atom. The zero-order valence-corrected chi connectivity index (χ0v) is 15.3. The molecule has 1 N–H and O–H groups in total. The number of hydrogen-bond acceptors (Lipinski definition) is 3. The third-order valence-electron chi connectivity index (χ3n) is 2.83. The molecular weight excluding hydrogens is 405 g/mol. The third kappa shape index (κ3) is 3.15. The molecule has 1 aromatic carbocycles. The minimum atomic E-state index is 0.288. The molecule has 106 valence electrons. The molecule has 0 amide bonds. The van der Waals surface area contributed by atoms with E-state index in [2.05, 4.69) is 61.0 Å². The number of rotatable bonds is 3. The van der Waals surface area contributed by atoms with E-state index in [1.54, 1.807) is 0 Å². The Hall–Kier alpha value is -0.650. The molecule has 0 aliphatic rings. The third-order valence-corrected chi connectivity index (χ3v) is 4.54. The van der Waals surface area contributed by atoms with Crippen LogP contribution in [0.5, 0.6) is 0 Å². The van der Waals surface area contributed by atoms with Crippen LogP contribution in [0.1, 0.15) is 25.5 Å². The minimum Gasteiger partial charge on any atom is -0.372 e. The van der Waals surface area contributed by atoms with E-state index in [-0.39, 0.29) is 5.92 Å². The van der Waals surface area contributed by atoms with E-state index < -0.39 is 0 Å². The van der Waals surface area contributed by atoms with E-state index in [9.17, 15) is 0 Å². The first-order valence-electron chi connectivity index (χ1n) is 6.14. The fraction of sp³-hybridized carbons (Fsp3) is 0.286. The lowest BCUT2D eigenvalue weighted by Gasteiger charge is -2.14. The average molecular weight is 420 g/mol. The second-order valence-corrected chi connectivity index (χ2v) is 6.71. The molecule has 2 rings (SSSR count). The standard InChI is InChI=1S/C14H14Br2ClN3/c1-7(2)12-11(16)14(18-3)20-13(19-12)9-6-8(17)4-5-10(9)15/h4-7H,1-3H3,(H,18,19,20). The van der Waals surface area contributed by atoms with Gasteiger partial charge < -0.3 is 5.32 Å². The van der Waals surface area contributed by atoms with Crippen LogP contribution in [0.4, 0.5) is 5.82 Å². The Bertz CT molecular complexity index is 645. The quantitative estimate of drug-likeness (QED) is 0.715. The fourth-order valence-electron chi connectivity index (χ4n) is 1.80. The van der Waals surface area contributed by atoms with Gasteiger partial charge in [0.15, 0.2) is 5.82 Å². The number of nitrogens with zero attached hydrogens (tertiary/aromatic N) is 2. The van der Waals surface area contributed by atoms with Crippen molar-refractivity contribution in [3.63, 3.8) is 0 Å². The summed E-state index contributed by atoms with van der Waals surface area (Å²) in [6.07, 6.45) is 0. The maximum atomic E-state index is 6.07. The van der Waals surface area contributed by atoms with Crippen LogP contribution < -0.4 is 5.32 Å². The minimum absolute atomic E-state index is 0.288. The lowest BCUT2D eigenvalue weighted by molar-refractivity contribution is 0.810. The summed E-state index contributed by atoms with van der Waals surface area (Å²) in [6, 6.07) is 5.59. The summed E-state index contributed by atoms with van der Waals surface area (Å²) in [5.74, 6) is 1.71. The molecule has 0 spiro atoms. The molecule has 0 aliphatic carbocycles. The van der Waals surface area contributed by atoms with Crippen LogP contribution in [0, 0.1) is 0 Å². The summed E-state index contributed by atoms with van der Waals surface area (Å²) in [7, 11) is 1.84. The second kappa shape index (κ2) is 6.41. The van der Waals surface area contributed by atoms with Crippen LogP contribution in [0.25, 0.3) is 11.4 Å². The molecular formula is C14H14Br2ClN3. The molecule has 1 heterocycles. The van der Waals surface area contributed by atoms with Crippen molar-refractivity contribution >= 4 is 49.3 Å². The molecule has 0 radical (unpaired) electrons. The highest BCUT2D eigenvalue weighted by atomic mass is 79.9. The van der Waals surface area contributed by atoms with Crippen LogP contribution >= 0.6 is 43.5 Å². The van der Waals surface area contributed by atoms with Gasteiger partial charge in [0.25, 0.3) is 0 Å². The van der Waals surface area contributed by atoms with Crippen LogP contribution in [0.2, 0.25) is 5.02 Å². The van der Waals surface area contributed by atoms with E-state index in [1.807, 2.05) is 25.2 Å². The highest BCUT2D eigenvalue weighted by molar-refractivity contribution is 9.11. The summed E-state index contributed by atoms with van der Waals surface area (Å²) in [4.78, 5) is 9.21. The lowest BCUT2D eigenvalue weighted by atomic mass is 10.1. The molecule has 0 saturated heterocycles. The van der Waals surface area contributed by atoms with Crippen LogP contribution in [-0.4, -0.2) is 17.0 Å². The predicted molar refractivity (Wildman–Crippen MR) is 91.5 cm³/mol. The highest BCUT2D eigenvalue weighted by Crippen LogP contribution is 2.34. The molecule has 6 heteroatoms. The molecule has 0 fully saturated rings. The van der Waals surface area contributed by atoms with Gasteiger partial charge in [-0.05, 0) is 40.0 Å². The first-order chi connectivity index (χ1) is 9.43. The van der Waals surface area contributed by atoms with Crippen LogP contribution in [0.15, 0.2) is 27.1 Å². The smallest absolute Gasteiger partial charge is 0.163 e. The van der Waals surface area contributed by atoms with E-state index in [0.29, 0.717) is 10.8 Å². The molecule has 3 nitrogen and oxygen atoms in total. The maximum Gasteiger partial charge on any atom is 0.163 e. The van der Waals surface area contributed by atoms with E-state index in [0.717, 1.165) is 26.0 Å². The molecule has 20 heavy (non-hydrogen) atoms. The topological polar surface area (TPSA) is 37.8 Å². The largest absolute Gasteiger partial charge is 0.372 e. The SMILES string of the molecule is CNc1nc(-c2cc(Cl)ccc2Br)nc(C(C)C)c1Br. The summed E-state index contributed by atoms with van der Waals surface area (Å²) >= 11 is 13.2. The fourth-order valence-corrected chi connectivity index (χ4v) is 3.23. The Kier molecular flexibility index (Phi) is 5.04. The molecule has 1 aromatic heterocycles. The molecule has 0 atom stereocenters. The number of hydrogen-bond donors (Lipinski definition) is 1. The van der Waals surface area contributed by atoms with E-state index in [4.69, 9.17) is 11.6 Å². The van der Waals surface area contributed by atoms with Crippen molar-refractivity contribution in [2.24, 2.45) is 0 Å². The van der Waals surface area contributed by atoms with Crippen LogP contribution in [-0.2, 0) is 0 Å². The molecule has 2 aromatic rings. The average Bonchev–Trinajstić information content (AvgIpc) is 2.41. The number of anilines is 1. The highest BCUT2D eigenvalue weighted by Gasteiger charge is 2.16. The van der Waals surface area contributed by atoms with E-state index in [1.165, 1.54) is 0 Å². The Morgan fingerprint density at radius 3 is 2.50 bits per heavy atom. The van der Waals surface area contributed by atoms with Crippen molar-refractivity contribution in [1.29, 1.82) is 0 Å². The summed E-state index contributed by atoms with van der Waals surface area (Å²) in [5.41, 5.74) is 1.84. The summed E-state index contributed by atoms with van der Waals surface area (Å²) in [6.45, 7) is 4.20. The molecule has 0 bridgehead atoms. The van der Waals surface area contributed by atoms with Gasteiger partial charge >= 0.3 is 0 Å². The van der Waals surface area contributed by atoms with E-state index >= 15 is 0 Å². The first-order valence-corrected chi connectivity index (χ1v) is 8.11. The normalized spacial score (nSPS) is 10.9. The van der Waals surface area contributed by atoms with Gasteiger partial charge in [-0.3, -0.25) is 0 Å². The Labute approximate surface area is 140 Å². The monoisotopic (exact) mass is 417 g/mol. The number of halogens is 3. The number of benzene rings is 1. The van der Waals surface area contributed by atoms with Gasteiger partial charge in [0.05, 0.1) is 10.2 Å². The van der Waals surface area contributed by atoms with Gasteiger partial charge in [0.1, 0.15) is 5.82 Å². The molecule has 0 unspecified atom stereocenters. The Balaban J connectivity index is 2.68. The number of nitrogens with one attached hydrogen (secondary N) is 1. The van der Waals surface area contributed by atoms with Crippen LogP contribution in [0.3, 0.4) is 0 Å². The molecule has 0 saturated carbocycles. The maximum absolute atomic E-state index is 6.07. The first kappa shape index (κ1) is 15.7. The van der Waals surface area contributed by atoms with Gasteiger partial charge in [-0.25, -0.2) is 9.97 Å². The van der Waals surface area contributed by atoms with Gasteiger partial charge in [-0.1, -0.05) is 41.4 Å². The lowest BCUT2D eigenvalue weighted by Crippen LogP contribution is -2.04.